The molecule has 0 spiro atoms. The van der Waals surface area contributed by atoms with Crippen molar-refractivity contribution in [3.05, 3.63) is 64.1 Å². The van der Waals surface area contributed by atoms with E-state index < -0.39 is 10.0 Å². The van der Waals surface area contributed by atoms with Gasteiger partial charge in [-0.2, -0.15) is 0 Å². The molecule has 0 heterocycles. The van der Waals surface area contributed by atoms with E-state index in [0.29, 0.717) is 4.47 Å². The zero-order chi connectivity index (χ0) is 14.6. The number of aliphatic hydroxyl groups excluding tert-OH is 1. The highest BCUT2D eigenvalue weighted by Gasteiger charge is 2.16. The third kappa shape index (κ3) is 3.67. The Hall–Kier alpha value is -1.21. The first-order valence-electron chi connectivity index (χ1n) is 5.96. The fourth-order valence-corrected chi connectivity index (χ4v) is 3.70. The number of nitrogens with one attached hydrogen (secondary N) is 1. The molecule has 0 aliphatic carbocycles. The van der Waals surface area contributed by atoms with E-state index in [4.69, 9.17) is 5.11 Å². The summed E-state index contributed by atoms with van der Waals surface area (Å²) in [4.78, 5) is 0.215. The number of hydrogen-bond donors (Lipinski definition) is 2. The van der Waals surface area contributed by atoms with Crippen molar-refractivity contribution >= 4 is 26.0 Å². The molecular weight excluding hydrogens is 342 g/mol. The Balaban J connectivity index is 2.11. The third-order valence-electron chi connectivity index (χ3n) is 2.80. The minimum Gasteiger partial charge on any atom is -0.392 e. The van der Waals surface area contributed by atoms with Crippen LogP contribution in [0.1, 0.15) is 11.1 Å². The Morgan fingerprint density at radius 1 is 1.00 bits per heavy atom. The largest absolute Gasteiger partial charge is 0.392 e. The van der Waals surface area contributed by atoms with Gasteiger partial charge in [0.1, 0.15) is 0 Å². The van der Waals surface area contributed by atoms with Crippen LogP contribution in [-0.4, -0.2) is 13.5 Å². The summed E-state index contributed by atoms with van der Waals surface area (Å²) in [6, 6.07) is 13.8. The lowest BCUT2D eigenvalue weighted by Gasteiger charge is -2.08. The second-order valence-electron chi connectivity index (χ2n) is 4.23. The van der Waals surface area contributed by atoms with E-state index in [1.807, 2.05) is 0 Å². The summed E-state index contributed by atoms with van der Waals surface area (Å²) in [5.74, 6) is 0. The highest BCUT2D eigenvalue weighted by Crippen LogP contribution is 2.21. The van der Waals surface area contributed by atoms with E-state index in [1.54, 1.807) is 48.5 Å². The molecule has 0 amide bonds. The van der Waals surface area contributed by atoms with Crippen molar-refractivity contribution in [3.8, 4) is 0 Å². The molecule has 0 atom stereocenters. The zero-order valence-electron chi connectivity index (χ0n) is 10.6. The van der Waals surface area contributed by atoms with Crippen LogP contribution < -0.4 is 4.72 Å². The summed E-state index contributed by atoms with van der Waals surface area (Å²) in [6.45, 7) is 0.179. The first-order chi connectivity index (χ1) is 9.53. The van der Waals surface area contributed by atoms with Crippen LogP contribution in [0.2, 0.25) is 0 Å². The molecule has 0 aliphatic heterocycles. The average molecular weight is 356 g/mol. The van der Waals surface area contributed by atoms with Crippen molar-refractivity contribution in [2.24, 2.45) is 0 Å². The normalized spacial score (nSPS) is 11.5. The molecule has 2 rings (SSSR count). The Morgan fingerprint density at radius 2 is 1.60 bits per heavy atom. The number of benzene rings is 2. The molecule has 2 N–H and O–H groups in total. The number of halogens is 1. The summed E-state index contributed by atoms with van der Waals surface area (Å²) >= 11 is 3.23. The van der Waals surface area contributed by atoms with Gasteiger partial charge in [0, 0.05) is 11.0 Å². The quantitative estimate of drug-likeness (QED) is 0.865. The van der Waals surface area contributed by atoms with Crippen LogP contribution in [0, 0.1) is 0 Å². The number of sulfonamides is 1. The summed E-state index contributed by atoms with van der Waals surface area (Å²) in [5, 5.41) is 8.95. The number of hydrogen-bond acceptors (Lipinski definition) is 3. The van der Waals surface area contributed by atoms with E-state index in [9.17, 15) is 8.42 Å². The molecule has 0 aliphatic rings. The van der Waals surface area contributed by atoms with Crippen molar-refractivity contribution in [2.45, 2.75) is 18.0 Å². The molecular formula is C14H14BrNO3S. The predicted molar refractivity (Wildman–Crippen MR) is 80.5 cm³/mol. The lowest BCUT2D eigenvalue weighted by molar-refractivity contribution is 0.282. The smallest absolute Gasteiger partial charge is 0.241 e. The van der Waals surface area contributed by atoms with E-state index >= 15 is 0 Å². The minimum absolute atomic E-state index is 0.0248. The second kappa shape index (κ2) is 6.49. The molecule has 0 saturated carbocycles. The van der Waals surface area contributed by atoms with Crippen molar-refractivity contribution in [1.82, 2.24) is 4.72 Å². The summed E-state index contributed by atoms with van der Waals surface area (Å²) < 4.78 is 27.4. The third-order valence-corrected chi connectivity index (χ3v) is 5.21. The molecule has 0 aromatic heterocycles. The number of aliphatic hydroxyl groups is 1. The molecule has 6 heteroatoms. The molecule has 0 saturated heterocycles. The van der Waals surface area contributed by atoms with Crippen molar-refractivity contribution in [1.29, 1.82) is 0 Å². The molecule has 0 radical (unpaired) electrons. The maximum absolute atomic E-state index is 12.2. The molecule has 0 unspecified atom stereocenters. The van der Waals surface area contributed by atoms with Gasteiger partial charge in [0.05, 0.1) is 11.5 Å². The first-order valence-corrected chi connectivity index (χ1v) is 8.23. The SMILES string of the molecule is O=S(=O)(NCc1ccc(CO)cc1)c1ccccc1Br. The van der Waals surface area contributed by atoms with Crippen LogP contribution in [0.25, 0.3) is 0 Å². The van der Waals surface area contributed by atoms with E-state index in [1.165, 1.54) is 0 Å². The van der Waals surface area contributed by atoms with Crippen LogP contribution in [0.15, 0.2) is 57.9 Å². The van der Waals surface area contributed by atoms with Gasteiger partial charge >= 0.3 is 0 Å². The van der Waals surface area contributed by atoms with Gasteiger partial charge in [-0.25, -0.2) is 13.1 Å². The predicted octanol–water partition coefficient (Wildman–Crippen LogP) is 2.42. The lowest BCUT2D eigenvalue weighted by Crippen LogP contribution is -2.23. The molecule has 2 aromatic rings. The highest BCUT2D eigenvalue weighted by molar-refractivity contribution is 9.10. The Labute approximate surface area is 126 Å². The topological polar surface area (TPSA) is 66.4 Å². The monoisotopic (exact) mass is 355 g/mol. The molecule has 106 valence electrons. The molecule has 2 aromatic carbocycles. The van der Waals surface area contributed by atoms with Crippen molar-refractivity contribution in [2.75, 3.05) is 0 Å². The van der Waals surface area contributed by atoms with Crippen LogP contribution >= 0.6 is 15.9 Å². The zero-order valence-corrected chi connectivity index (χ0v) is 13.0. The standard InChI is InChI=1S/C14H14BrNO3S/c15-13-3-1-2-4-14(13)20(18,19)16-9-11-5-7-12(10-17)8-6-11/h1-8,16-17H,9-10H2. The van der Waals surface area contributed by atoms with E-state index in [0.717, 1.165) is 11.1 Å². The summed E-state index contributed by atoms with van der Waals surface area (Å²) in [5.41, 5.74) is 1.63. The van der Waals surface area contributed by atoms with Crippen molar-refractivity contribution in [3.63, 3.8) is 0 Å². The van der Waals surface area contributed by atoms with E-state index in [2.05, 4.69) is 20.7 Å². The van der Waals surface area contributed by atoms with Gasteiger partial charge in [0.2, 0.25) is 10.0 Å². The van der Waals surface area contributed by atoms with E-state index in [-0.39, 0.29) is 18.0 Å². The molecule has 20 heavy (non-hydrogen) atoms. The van der Waals surface area contributed by atoms with Gasteiger partial charge in [-0.3, -0.25) is 0 Å². The van der Waals surface area contributed by atoms with Crippen molar-refractivity contribution < 1.29 is 13.5 Å². The fourth-order valence-electron chi connectivity index (χ4n) is 1.68. The summed E-state index contributed by atoms with van der Waals surface area (Å²) in [6.07, 6.45) is 0. The first kappa shape index (κ1) is 15.2. The minimum atomic E-state index is -3.55. The molecule has 4 nitrogen and oxygen atoms in total. The highest BCUT2D eigenvalue weighted by atomic mass is 79.9. The lowest BCUT2D eigenvalue weighted by atomic mass is 10.1. The van der Waals surface area contributed by atoms with Crippen LogP contribution in [0.3, 0.4) is 0 Å². The molecule has 0 bridgehead atoms. The Bertz CT molecular complexity index is 684. The van der Waals surface area contributed by atoms with Gasteiger partial charge in [0.15, 0.2) is 0 Å². The number of rotatable bonds is 5. The maximum Gasteiger partial charge on any atom is 0.241 e. The summed E-state index contributed by atoms with van der Waals surface area (Å²) in [7, 11) is -3.55. The Morgan fingerprint density at radius 3 is 2.20 bits per heavy atom. The molecule has 0 fully saturated rings. The van der Waals surface area contributed by atoms with Crippen LogP contribution in [0.4, 0.5) is 0 Å². The van der Waals surface area contributed by atoms with Gasteiger partial charge < -0.3 is 5.11 Å². The average Bonchev–Trinajstić information content (AvgIpc) is 2.46. The van der Waals surface area contributed by atoms with Gasteiger partial charge in [-0.1, -0.05) is 36.4 Å². The van der Waals surface area contributed by atoms with Gasteiger partial charge in [-0.05, 0) is 39.2 Å². The maximum atomic E-state index is 12.2. The fraction of sp³-hybridized carbons (Fsp3) is 0.143. The second-order valence-corrected chi connectivity index (χ2v) is 6.82. The van der Waals surface area contributed by atoms with Crippen LogP contribution in [0.5, 0.6) is 0 Å². The Kier molecular flexibility index (Phi) is 4.93. The van der Waals surface area contributed by atoms with Gasteiger partial charge in [0.25, 0.3) is 0 Å². The van der Waals surface area contributed by atoms with Gasteiger partial charge in [-0.15, -0.1) is 0 Å². The van der Waals surface area contributed by atoms with Crippen LogP contribution in [-0.2, 0) is 23.2 Å².